The van der Waals surface area contributed by atoms with E-state index in [1.165, 1.54) is 4.72 Å². The number of hydrogen-bond donors (Lipinski definition) is 3. The third-order valence-electron chi connectivity index (χ3n) is 1.62. The molecule has 0 radical (unpaired) electrons. The van der Waals surface area contributed by atoms with Crippen LogP contribution < -0.4 is 9.44 Å². The van der Waals surface area contributed by atoms with Gasteiger partial charge >= 0.3 is 16.3 Å². The fraction of sp³-hybridized carbons (Fsp3) is 0.250. The minimum absolute atomic E-state index is 0.0830. The van der Waals surface area contributed by atoms with Crippen molar-refractivity contribution in [1.29, 1.82) is 0 Å². The Hall–Kier alpha value is -1.67. The highest BCUT2D eigenvalue weighted by Crippen LogP contribution is 1.93. The lowest BCUT2D eigenvalue weighted by atomic mass is 10.3. The molecule has 16 heavy (non-hydrogen) atoms. The van der Waals surface area contributed by atoms with E-state index >= 15 is 0 Å². The summed E-state index contributed by atoms with van der Waals surface area (Å²) in [5.41, 5.74) is 0.723. The first-order chi connectivity index (χ1) is 7.49. The minimum Gasteiger partial charge on any atom is -0.464 e. The molecule has 0 aliphatic carbocycles. The lowest BCUT2D eigenvalue weighted by molar-refractivity contribution is 0.201. The van der Waals surface area contributed by atoms with Gasteiger partial charge < -0.3 is 5.11 Å². The van der Waals surface area contributed by atoms with Crippen LogP contribution in [-0.4, -0.2) is 31.1 Å². The monoisotopic (exact) mass is 245 g/mol. The molecule has 0 unspecified atom stereocenters. The molecule has 0 atom stereocenters. The summed E-state index contributed by atoms with van der Waals surface area (Å²) in [5.74, 6) is 0. The van der Waals surface area contributed by atoms with E-state index in [0.29, 0.717) is 6.42 Å². The number of carbonyl (C=O) groups is 1. The third-order valence-corrected chi connectivity index (χ3v) is 2.65. The first-order valence-corrected chi connectivity index (χ1v) is 5.88. The number of rotatable bonds is 5. The zero-order valence-electron chi connectivity index (χ0n) is 8.25. The first kappa shape index (κ1) is 12.4. The lowest BCUT2D eigenvalue weighted by Gasteiger charge is -2.05. The molecule has 0 saturated carbocycles. The normalized spacial score (nSPS) is 11.0. The molecule has 1 aromatic rings. The zero-order valence-corrected chi connectivity index (χ0v) is 9.07. The maximum absolute atomic E-state index is 11.0. The molecule has 1 rings (SSSR count). The van der Waals surface area contributed by atoms with Gasteiger partial charge in [0.1, 0.15) is 0 Å². The summed E-state index contributed by atoms with van der Waals surface area (Å²) in [6.45, 7) is 0.0830. The molecule has 3 N–H and O–H groups in total. The Balaban J connectivity index is 2.39. The fourth-order valence-electron chi connectivity index (χ4n) is 1.01. The molecular formula is C8H11N3O4S. The van der Waals surface area contributed by atoms with Crippen molar-refractivity contribution in [3.05, 3.63) is 30.1 Å². The van der Waals surface area contributed by atoms with Gasteiger partial charge in [-0.15, -0.1) is 0 Å². The second-order valence-corrected chi connectivity index (χ2v) is 4.38. The molecule has 1 amide bonds. The summed E-state index contributed by atoms with van der Waals surface area (Å²) in [6.07, 6.45) is 0.367. The second-order valence-electron chi connectivity index (χ2n) is 2.88. The van der Waals surface area contributed by atoms with Gasteiger partial charge in [-0.05, 0) is 12.1 Å². The second kappa shape index (κ2) is 5.42. The van der Waals surface area contributed by atoms with Crippen molar-refractivity contribution in [3.63, 3.8) is 0 Å². The predicted molar refractivity (Wildman–Crippen MR) is 56.0 cm³/mol. The number of carboxylic acid groups (broad SMARTS) is 1. The molecular weight excluding hydrogens is 234 g/mol. The van der Waals surface area contributed by atoms with E-state index in [0.717, 1.165) is 5.69 Å². The third kappa shape index (κ3) is 4.71. The summed E-state index contributed by atoms with van der Waals surface area (Å²) in [4.78, 5) is 14.1. The van der Waals surface area contributed by atoms with Gasteiger partial charge in [-0.1, -0.05) is 6.07 Å². The summed E-state index contributed by atoms with van der Waals surface area (Å²) in [7, 11) is -3.98. The quantitative estimate of drug-likeness (QED) is 0.661. The van der Waals surface area contributed by atoms with Crippen LogP contribution in [0.2, 0.25) is 0 Å². The van der Waals surface area contributed by atoms with Crippen LogP contribution in [0.5, 0.6) is 0 Å². The Morgan fingerprint density at radius 1 is 1.44 bits per heavy atom. The van der Waals surface area contributed by atoms with Gasteiger partial charge in [-0.25, -0.2) is 9.52 Å². The first-order valence-electron chi connectivity index (χ1n) is 4.40. The highest BCUT2D eigenvalue weighted by molar-refractivity contribution is 7.88. The van der Waals surface area contributed by atoms with Crippen LogP contribution in [0.15, 0.2) is 24.4 Å². The molecule has 0 aliphatic heterocycles. The van der Waals surface area contributed by atoms with Crippen LogP contribution in [0.1, 0.15) is 5.69 Å². The molecule has 0 spiro atoms. The van der Waals surface area contributed by atoms with Crippen LogP contribution in [0.3, 0.4) is 0 Å². The van der Waals surface area contributed by atoms with Gasteiger partial charge in [0.2, 0.25) is 0 Å². The van der Waals surface area contributed by atoms with Gasteiger partial charge in [-0.3, -0.25) is 4.98 Å². The Morgan fingerprint density at radius 3 is 2.75 bits per heavy atom. The summed E-state index contributed by atoms with van der Waals surface area (Å²) in [5, 5.41) is 8.22. The molecule has 0 aliphatic rings. The Labute approximate surface area is 92.7 Å². The summed E-state index contributed by atoms with van der Waals surface area (Å²) in [6, 6.07) is 5.28. The largest absolute Gasteiger partial charge is 0.464 e. The van der Waals surface area contributed by atoms with Crippen LogP contribution in [0.4, 0.5) is 4.79 Å². The molecule has 0 fully saturated rings. The highest BCUT2D eigenvalue weighted by atomic mass is 32.2. The predicted octanol–water partition coefficient (Wildman–Crippen LogP) is -0.274. The number of hydrogen-bond acceptors (Lipinski definition) is 4. The number of aromatic nitrogens is 1. The van der Waals surface area contributed by atoms with E-state index in [9.17, 15) is 13.2 Å². The SMILES string of the molecule is O=C(O)NS(=O)(=O)NCCc1ccccn1. The van der Waals surface area contributed by atoms with E-state index < -0.39 is 16.3 Å². The smallest absolute Gasteiger partial charge is 0.419 e. The van der Waals surface area contributed by atoms with Crippen LogP contribution in [0, 0.1) is 0 Å². The van der Waals surface area contributed by atoms with E-state index in [2.05, 4.69) is 9.71 Å². The molecule has 0 aromatic carbocycles. The van der Waals surface area contributed by atoms with E-state index in [4.69, 9.17) is 5.11 Å². The van der Waals surface area contributed by atoms with E-state index in [1.54, 1.807) is 24.4 Å². The highest BCUT2D eigenvalue weighted by Gasteiger charge is 2.11. The van der Waals surface area contributed by atoms with Gasteiger partial charge in [0, 0.05) is 24.9 Å². The fourth-order valence-corrected chi connectivity index (χ4v) is 1.68. The van der Waals surface area contributed by atoms with Crippen molar-refractivity contribution in [2.24, 2.45) is 0 Å². The standard InChI is InChI=1S/C8H11N3O4S/c12-8(13)11-16(14,15)10-6-4-7-3-1-2-5-9-7/h1-3,5,10-11H,4,6H2,(H,12,13). The van der Waals surface area contributed by atoms with Crippen molar-refractivity contribution in [3.8, 4) is 0 Å². The maximum atomic E-state index is 11.0. The van der Waals surface area contributed by atoms with Crippen LogP contribution in [-0.2, 0) is 16.6 Å². The average molecular weight is 245 g/mol. The number of nitrogens with one attached hydrogen (secondary N) is 2. The Kier molecular flexibility index (Phi) is 4.20. The van der Waals surface area contributed by atoms with E-state index in [1.807, 2.05) is 0 Å². The van der Waals surface area contributed by atoms with Crippen LogP contribution in [0.25, 0.3) is 0 Å². The van der Waals surface area contributed by atoms with Gasteiger partial charge in [0.05, 0.1) is 0 Å². The Morgan fingerprint density at radius 2 is 2.19 bits per heavy atom. The van der Waals surface area contributed by atoms with Crippen molar-refractivity contribution in [1.82, 2.24) is 14.4 Å². The van der Waals surface area contributed by atoms with E-state index in [-0.39, 0.29) is 6.54 Å². The van der Waals surface area contributed by atoms with Crippen molar-refractivity contribution >= 4 is 16.3 Å². The lowest BCUT2D eigenvalue weighted by Crippen LogP contribution is -2.40. The van der Waals surface area contributed by atoms with Crippen molar-refractivity contribution in [2.75, 3.05) is 6.54 Å². The van der Waals surface area contributed by atoms with Crippen LogP contribution >= 0.6 is 0 Å². The molecule has 8 heteroatoms. The summed E-state index contributed by atoms with van der Waals surface area (Å²) < 4.78 is 25.5. The Bertz CT molecular complexity index is 446. The molecule has 1 heterocycles. The van der Waals surface area contributed by atoms with Gasteiger partial charge in [-0.2, -0.15) is 13.1 Å². The number of pyridine rings is 1. The molecule has 88 valence electrons. The number of nitrogens with zero attached hydrogens (tertiary/aromatic N) is 1. The topological polar surface area (TPSA) is 108 Å². The molecule has 7 nitrogen and oxygen atoms in total. The van der Waals surface area contributed by atoms with Gasteiger partial charge in [0.25, 0.3) is 0 Å². The number of amides is 1. The molecule has 1 aromatic heterocycles. The maximum Gasteiger partial charge on any atom is 0.419 e. The summed E-state index contributed by atoms with van der Waals surface area (Å²) >= 11 is 0. The minimum atomic E-state index is -3.98. The van der Waals surface area contributed by atoms with Crippen molar-refractivity contribution in [2.45, 2.75) is 6.42 Å². The molecule has 0 saturated heterocycles. The average Bonchev–Trinajstić information content (AvgIpc) is 2.16. The van der Waals surface area contributed by atoms with Gasteiger partial charge in [0.15, 0.2) is 0 Å². The molecule has 0 bridgehead atoms. The zero-order chi connectivity index (χ0) is 12.0. The van der Waals surface area contributed by atoms with Crippen molar-refractivity contribution < 1.29 is 18.3 Å².